The van der Waals surface area contributed by atoms with Crippen molar-refractivity contribution in [2.24, 2.45) is 5.10 Å². The van der Waals surface area contributed by atoms with Crippen molar-refractivity contribution in [3.05, 3.63) is 82.8 Å². The molecule has 148 valence electrons. The molecule has 0 spiro atoms. The van der Waals surface area contributed by atoms with E-state index in [4.69, 9.17) is 9.47 Å². The van der Waals surface area contributed by atoms with Gasteiger partial charge in [0.05, 0.1) is 24.7 Å². The molecule has 0 saturated heterocycles. The van der Waals surface area contributed by atoms with E-state index in [0.717, 1.165) is 15.7 Å². The molecule has 0 aliphatic heterocycles. The molecule has 0 aliphatic rings. The summed E-state index contributed by atoms with van der Waals surface area (Å²) in [6.07, 6.45) is 1.64. The van der Waals surface area contributed by atoms with Crippen LogP contribution in [0.3, 0.4) is 0 Å². The molecule has 0 saturated carbocycles. The van der Waals surface area contributed by atoms with Gasteiger partial charge < -0.3 is 14.8 Å². The van der Waals surface area contributed by atoms with Gasteiger partial charge >= 0.3 is 0 Å². The van der Waals surface area contributed by atoms with Crippen LogP contribution >= 0.6 is 15.9 Å². The molecular formula is C22H20BrN3O3. The Balaban J connectivity index is 1.63. The minimum Gasteiger partial charge on any atom is -0.495 e. The summed E-state index contributed by atoms with van der Waals surface area (Å²) < 4.78 is 11.8. The monoisotopic (exact) mass is 453 g/mol. The van der Waals surface area contributed by atoms with Crippen LogP contribution < -0.4 is 20.2 Å². The second-order valence-corrected chi connectivity index (χ2v) is 6.87. The molecule has 0 radical (unpaired) electrons. The van der Waals surface area contributed by atoms with Crippen molar-refractivity contribution >= 4 is 39.4 Å². The molecule has 0 heterocycles. The lowest BCUT2D eigenvalue weighted by Gasteiger charge is -2.12. The lowest BCUT2D eigenvalue weighted by atomic mass is 10.2. The predicted octanol–water partition coefficient (Wildman–Crippen LogP) is 4.92. The van der Waals surface area contributed by atoms with E-state index in [9.17, 15) is 4.79 Å². The van der Waals surface area contributed by atoms with Gasteiger partial charge in [0.1, 0.15) is 11.5 Å². The second kappa shape index (κ2) is 10.3. The maximum atomic E-state index is 12.3. The average Bonchev–Trinajstić information content (AvgIpc) is 2.74. The summed E-state index contributed by atoms with van der Waals surface area (Å²) in [4.78, 5) is 12.3. The molecular weight excluding hydrogens is 434 g/mol. The number of rotatable bonds is 8. The molecule has 0 atom stereocenters. The Morgan fingerprint density at radius 2 is 1.79 bits per heavy atom. The SMILES string of the molecule is COc1ccccc1NC(=O)COc1ccc(Br)cc1C=NNc1ccccc1. The van der Waals surface area contributed by atoms with Crippen LogP contribution in [0.4, 0.5) is 11.4 Å². The third-order valence-electron chi connectivity index (χ3n) is 3.88. The van der Waals surface area contributed by atoms with Gasteiger partial charge in [-0.25, -0.2) is 0 Å². The van der Waals surface area contributed by atoms with Crippen LogP contribution in [0.25, 0.3) is 0 Å². The molecule has 0 fully saturated rings. The van der Waals surface area contributed by atoms with Crippen molar-refractivity contribution in [2.45, 2.75) is 0 Å². The van der Waals surface area contributed by atoms with E-state index < -0.39 is 0 Å². The summed E-state index contributed by atoms with van der Waals surface area (Å²) in [7, 11) is 1.55. The Morgan fingerprint density at radius 1 is 1.03 bits per heavy atom. The van der Waals surface area contributed by atoms with Crippen molar-refractivity contribution < 1.29 is 14.3 Å². The fourth-order valence-corrected chi connectivity index (χ4v) is 2.90. The summed E-state index contributed by atoms with van der Waals surface area (Å²) in [5.74, 6) is 0.842. The molecule has 2 N–H and O–H groups in total. The highest BCUT2D eigenvalue weighted by Crippen LogP contribution is 2.24. The van der Waals surface area contributed by atoms with Crippen molar-refractivity contribution in [2.75, 3.05) is 24.5 Å². The van der Waals surface area contributed by atoms with Crippen molar-refractivity contribution in [1.29, 1.82) is 0 Å². The molecule has 0 unspecified atom stereocenters. The molecule has 1 amide bonds. The zero-order valence-corrected chi connectivity index (χ0v) is 17.3. The van der Waals surface area contributed by atoms with E-state index in [0.29, 0.717) is 17.2 Å². The van der Waals surface area contributed by atoms with Gasteiger partial charge in [0, 0.05) is 10.0 Å². The first-order valence-corrected chi connectivity index (χ1v) is 9.64. The molecule has 3 aromatic carbocycles. The number of carbonyl (C=O) groups excluding carboxylic acids is 1. The molecule has 0 aliphatic carbocycles. The number of nitrogens with zero attached hydrogens (tertiary/aromatic N) is 1. The molecule has 6 nitrogen and oxygen atoms in total. The number of hydrogen-bond donors (Lipinski definition) is 2. The Hall–Kier alpha value is -3.32. The minimum atomic E-state index is -0.289. The molecule has 3 aromatic rings. The summed E-state index contributed by atoms with van der Waals surface area (Å²) in [6.45, 7) is -0.146. The van der Waals surface area contributed by atoms with Crippen molar-refractivity contribution in [3.8, 4) is 11.5 Å². The third-order valence-corrected chi connectivity index (χ3v) is 4.38. The van der Waals surface area contributed by atoms with Crippen LogP contribution in [-0.2, 0) is 4.79 Å². The molecule has 0 aromatic heterocycles. The summed E-state index contributed by atoms with van der Waals surface area (Å²) >= 11 is 3.44. The van der Waals surface area contributed by atoms with Crippen LogP contribution in [-0.4, -0.2) is 25.8 Å². The van der Waals surface area contributed by atoms with Crippen LogP contribution in [0.15, 0.2) is 82.4 Å². The van der Waals surface area contributed by atoms with Gasteiger partial charge in [-0.1, -0.05) is 46.3 Å². The fourth-order valence-electron chi connectivity index (χ4n) is 2.52. The van der Waals surface area contributed by atoms with Crippen molar-refractivity contribution in [3.63, 3.8) is 0 Å². The fraction of sp³-hybridized carbons (Fsp3) is 0.0909. The third kappa shape index (κ3) is 6.08. The number of benzene rings is 3. The first kappa shape index (κ1) is 20.4. The highest BCUT2D eigenvalue weighted by Gasteiger charge is 2.09. The van der Waals surface area contributed by atoms with E-state index in [1.54, 1.807) is 31.5 Å². The summed E-state index contributed by atoms with van der Waals surface area (Å²) in [6, 6.07) is 22.3. The second-order valence-electron chi connectivity index (χ2n) is 5.96. The van der Waals surface area contributed by atoms with Crippen LogP contribution in [0.2, 0.25) is 0 Å². The Bertz CT molecular complexity index is 994. The summed E-state index contributed by atoms with van der Waals surface area (Å²) in [5.41, 5.74) is 5.15. The first-order valence-electron chi connectivity index (χ1n) is 8.85. The number of halogens is 1. The maximum Gasteiger partial charge on any atom is 0.262 e. The predicted molar refractivity (Wildman–Crippen MR) is 119 cm³/mol. The standard InChI is InChI=1S/C22H20BrN3O3/c1-28-21-10-6-5-9-19(21)25-22(27)15-29-20-12-11-17(23)13-16(20)14-24-26-18-7-3-2-4-8-18/h2-14,26H,15H2,1H3,(H,25,27). The number of carbonyl (C=O) groups is 1. The van der Waals surface area contributed by atoms with E-state index in [-0.39, 0.29) is 12.5 Å². The van der Waals surface area contributed by atoms with E-state index in [2.05, 4.69) is 31.8 Å². The lowest BCUT2D eigenvalue weighted by molar-refractivity contribution is -0.118. The van der Waals surface area contributed by atoms with Gasteiger partial charge in [0.2, 0.25) is 0 Å². The number of para-hydroxylation sites is 3. The van der Waals surface area contributed by atoms with Gasteiger partial charge in [-0.2, -0.15) is 5.10 Å². The van der Waals surface area contributed by atoms with E-state index in [1.807, 2.05) is 54.6 Å². The number of ether oxygens (including phenoxy) is 2. The van der Waals surface area contributed by atoms with Gasteiger partial charge in [0.15, 0.2) is 6.61 Å². The Morgan fingerprint density at radius 3 is 2.59 bits per heavy atom. The maximum absolute atomic E-state index is 12.3. The molecule has 0 bridgehead atoms. The van der Waals surface area contributed by atoms with Crippen LogP contribution in [0.5, 0.6) is 11.5 Å². The van der Waals surface area contributed by atoms with E-state index in [1.165, 1.54) is 0 Å². The number of hydrazone groups is 1. The van der Waals surface area contributed by atoms with E-state index >= 15 is 0 Å². The van der Waals surface area contributed by atoms with Gasteiger partial charge in [-0.3, -0.25) is 10.2 Å². The summed E-state index contributed by atoms with van der Waals surface area (Å²) in [5, 5.41) is 7.02. The van der Waals surface area contributed by atoms with Gasteiger partial charge in [-0.15, -0.1) is 0 Å². The lowest BCUT2D eigenvalue weighted by Crippen LogP contribution is -2.20. The molecule has 3 rings (SSSR count). The minimum absolute atomic E-state index is 0.146. The highest BCUT2D eigenvalue weighted by atomic mass is 79.9. The van der Waals surface area contributed by atoms with Gasteiger partial charge in [0.25, 0.3) is 5.91 Å². The largest absolute Gasteiger partial charge is 0.495 e. The highest BCUT2D eigenvalue weighted by molar-refractivity contribution is 9.10. The number of methoxy groups -OCH3 is 1. The average molecular weight is 454 g/mol. The normalized spacial score (nSPS) is 10.6. The van der Waals surface area contributed by atoms with Gasteiger partial charge in [-0.05, 0) is 42.5 Å². The Labute approximate surface area is 177 Å². The number of anilines is 2. The van der Waals surface area contributed by atoms with Crippen LogP contribution in [0.1, 0.15) is 5.56 Å². The zero-order chi connectivity index (χ0) is 20.5. The zero-order valence-electron chi connectivity index (χ0n) is 15.8. The molecule has 7 heteroatoms. The first-order chi connectivity index (χ1) is 14.2. The van der Waals surface area contributed by atoms with Crippen LogP contribution in [0, 0.1) is 0 Å². The number of amides is 1. The quantitative estimate of drug-likeness (QED) is 0.375. The molecule has 29 heavy (non-hydrogen) atoms. The van der Waals surface area contributed by atoms with Crippen molar-refractivity contribution in [1.82, 2.24) is 0 Å². The Kier molecular flexibility index (Phi) is 7.24. The number of nitrogens with one attached hydrogen (secondary N) is 2. The number of hydrogen-bond acceptors (Lipinski definition) is 5. The smallest absolute Gasteiger partial charge is 0.262 e. The topological polar surface area (TPSA) is 72.0 Å².